The van der Waals surface area contributed by atoms with Crippen LogP contribution in [0.3, 0.4) is 0 Å². The Labute approximate surface area is 102 Å². The molecular formula is C13H19N3O. The lowest BCUT2D eigenvalue weighted by Crippen LogP contribution is -2.27. The number of hydrogen-bond acceptors (Lipinski definition) is 3. The molecule has 0 spiro atoms. The summed E-state index contributed by atoms with van der Waals surface area (Å²) in [6.45, 7) is 2.90. The van der Waals surface area contributed by atoms with Crippen molar-refractivity contribution in [3.63, 3.8) is 0 Å². The molecule has 1 atom stereocenters. The largest absolute Gasteiger partial charge is 0.398 e. The summed E-state index contributed by atoms with van der Waals surface area (Å²) in [7, 11) is 0. The summed E-state index contributed by atoms with van der Waals surface area (Å²) in [6.07, 6.45) is 2.24. The van der Waals surface area contributed by atoms with Gasteiger partial charge in [0.2, 0.25) is 0 Å². The Hall–Kier alpha value is -1.55. The first kappa shape index (κ1) is 11.9. The van der Waals surface area contributed by atoms with Crippen molar-refractivity contribution in [1.82, 2.24) is 10.6 Å². The third kappa shape index (κ3) is 3.20. The van der Waals surface area contributed by atoms with Gasteiger partial charge in [-0.2, -0.15) is 0 Å². The average molecular weight is 233 g/mol. The molecule has 1 amide bonds. The van der Waals surface area contributed by atoms with Gasteiger partial charge in [-0.05, 0) is 44.0 Å². The highest BCUT2D eigenvalue weighted by Gasteiger charge is 2.14. The molecule has 1 fully saturated rings. The zero-order valence-corrected chi connectivity index (χ0v) is 9.91. The van der Waals surface area contributed by atoms with Gasteiger partial charge in [0, 0.05) is 12.2 Å². The van der Waals surface area contributed by atoms with Crippen molar-refractivity contribution >= 4 is 11.6 Å². The standard InChI is InChI=1S/C13H19N3O/c14-12-4-2-1-3-11(12)13(17)16-8-6-10-5-7-15-9-10/h1-4,10,15H,5-9,14H2,(H,16,17). The monoisotopic (exact) mass is 233 g/mol. The number of hydrogen-bond donors (Lipinski definition) is 3. The molecule has 4 nitrogen and oxygen atoms in total. The van der Waals surface area contributed by atoms with E-state index in [1.54, 1.807) is 12.1 Å². The number of nitrogens with two attached hydrogens (primary N) is 1. The molecule has 1 aromatic rings. The topological polar surface area (TPSA) is 67.2 Å². The molecule has 1 unspecified atom stereocenters. The van der Waals surface area contributed by atoms with Crippen LogP contribution in [-0.2, 0) is 0 Å². The molecular weight excluding hydrogens is 214 g/mol. The molecule has 2 rings (SSSR count). The zero-order valence-electron chi connectivity index (χ0n) is 9.91. The van der Waals surface area contributed by atoms with Gasteiger partial charge in [-0.15, -0.1) is 0 Å². The minimum Gasteiger partial charge on any atom is -0.398 e. The van der Waals surface area contributed by atoms with E-state index in [9.17, 15) is 4.79 Å². The Morgan fingerprint density at radius 1 is 1.47 bits per heavy atom. The molecule has 1 aliphatic rings. The zero-order chi connectivity index (χ0) is 12.1. The van der Waals surface area contributed by atoms with Crippen molar-refractivity contribution in [2.24, 2.45) is 5.92 Å². The summed E-state index contributed by atoms with van der Waals surface area (Å²) in [4.78, 5) is 11.8. The Morgan fingerprint density at radius 3 is 3.00 bits per heavy atom. The fourth-order valence-corrected chi connectivity index (χ4v) is 2.15. The Morgan fingerprint density at radius 2 is 2.29 bits per heavy atom. The lowest BCUT2D eigenvalue weighted by Gasteiger charge is -2.10. The fraction of sp³-hybridized carbons (Fsp3) is 0.462. The predicted molar refractivity (Wildman–Crippen MR) is 68.8 cm³/mol. The number of nitrogen functional groups attached to an aromatic ring is 1. The average Bonchev–Trinajstić information content (AvgIpc) is 2.82. The van der Waals surface area contributed by atoms with Gasteiger partial charge in [0.05, 0.1) is 5.56 Å². The first-order chi connectivity index (χ1) is 8.27. The van der Waals surface area contributed by atoms with E-state index in [4.69, 9.17) is 5.73 Å². The normalized spacial score (nSPS) is 19.2. The van der Waals surface area contributed by atoms with Crippen LogP contribution in [0.1, 0.15) is 23.2 Å². The highest BCUT2D eigenvalue weighted by atomic mass is 16.1. The van der Waals surface area contributed by atoms with Crippen LogP contribution in [0.5, 0.6) is 0 Å². The van der Waals surface area contributed by atoms with Crippen LogP contribution in [0.25, 0.3) is 0 Å². The van der Waals surface area contributed by atoms with E-state index < -0.39 is 0 Å². The van der Waals surface area contributed by atoms with Crippen molar-refractivity contribution in [1.29, 1.82) is 0 Å². The van der Waals surface area contributed by atoms with E-state index in [2.05, 4.69) is 10.6 Å². The molecule has 4 heteroatoms. The maximum absolute atomic E-state index is 11.8. The number of para-hydroxylation sites is 1. The van der Waals surface area contributed by atoms with Gasteiger partial charge in [0.25, 0.3) is 5.91 Å². The number of rotatable bonds is 4. The third-order valence-corrected chi connectivity index (χ3v) is 3.21. The second-order valence-electron chi connectivity index (χ2n) is 4.49. The van der Waals surface area contributed by atoms with Gasteiger partial charge in [-0.25, -0.2) is 0 Å². The maximum atomic E-state index is 11.8. The van der Waals surface area contributed by atoms with Crippen LogP contribution in [-0.4, -0.2) is 25.5 Å². The predicted octanol–water partition coefficient (Wildman–Crippen LogP) is 0.998. The molecule has 92 valence electrons. The van der Waals surface area contributed by atoms with Crippen LogP contribution in [0, 0.1) is 5.92 Å². The minimum absolute atomic E-state index is 0.0749. The maximum Gasteiger partial charge on any atom is 0.253 e. The molecule has 1 saturated heterocycles. The molecule has 0 aromatic heterocycles. The summed E-state index contributed by atoms with van der Waals surface area (Å²) in [6, 6.07) is 7.15. The summed E-state index contributed by atoms with van der Waals surface area (Å²) < 4.78 is 0. The van der Waals surface area contributed by atoms with Crippen molar-refractivity contribution in [3.05, 3.63) is 29.8 Å². The van der Waals surface area contributed by atoms with Crippen molar-refractivity contribution in [2.75, 3.05) is 25.4 Å². The number of amides is 1. The molecule has 0 aliphatic carbocycles. The smallest absolute Gasteiger partial charge is 0.253 e. The van der Waals surface area contributed by atoms with Crippen molar-refractivity contribution in [2.45, 2.75) is 12.8 Å². The van der Waals surface area contributed by atoms with E-state index in [0.29, 0.717) is 17.2 Å². The lowest BCUT2D eigenvalue weighted by molar-refractivity contribution is 0.0952. The third-order valence-electron chi connectivity index (χ3n) is 3.21. The summed E-state index contributed by atoms with van der Waals surface area (Å²) >= 11 is 0. The van der Waals surface area contributed by atoms with Gasteiger partial charge in [-0.1, -0.05) is 12.1 Å². The van der Waals surface area contributed by atoms with Gasteiger partial charge in [0.1, 0.15) is 0 Å². The van der Waals surface area contributed by atoms with Crippen LogP contribution < -0.4 is 16.4 Å². The van der Waals surface area contributed by atoms with Gasteiger partial charge < -0.3 is 16.4 Å². The second kappa shape index (κ2) is 5.68. The summed E-state index contributed by atoms with van der Waals surface area (Å²) in [5, 5.41) is 6.24. The van der Waals surface area contributed by atoms with Gasteiger partial charge in [-0.3, -0.25) is 4.79 Å². The van der Waals surface area contributed by atoms with Crippen LogP contribution in [0.4, 0.5) is 5.69 Å². The Balaban J connectivity index is 1.79. The number of carbonyl (C=O) groups excluding carboxylic acids is 1. The highest BCUT2D eigenvalue weighted by Crippen LogP contribution is 2.12. The molecule has 4 N–H and O–H groups in total. The number of carbonyl (C=O) groups is 1. The van der Waals surface area contributed by atoms with Crippen molar-refractivity contribution < 1.29 is 4.79 Å². The molecule has 17 heavy (non-hydrogen) atoms. The van der Waals surface area contributed by atoms with Crippen LogP contribution >= 0.6 is 0 Å². The number of anilines is 1. The van der Waals surface area contributed by atoms with E-state index in [0.717, 1.165) is 26.1 Å². The number of benzene rings is 1. The molecule has 1 heterocycles. The summed E-state index contributed by atoms with van der Waals surface area (Å²) in [5.74, 6) is 0.623. The number of nitrogens with one attached hydrogen (secondary N) is 2. The van der Waals surface area contributed by atoms with Crippen LogP contribution in [0.2, 0.25) is 0 Å². The molecule has 0 radical (unpaired) electrons. The Kier molecular flexibility index (Phi) is 3.98. The SMILES string of the molecule is Nc1ccccc1C(=O)NCCC1CCNC1. The van der Waals surface area contributed by atoms with Gasteiger partial charge >= 0.3 is 0 Å². The molecule has 0 saturated carbocycles. The van der Waals surface area contributed by atoms with E-state index >= 15 is 0 Å². The van der Waals surface area contributed by atoms with Crippen LogP contribution in [0.15, 0.2) is 24.3 Å². The molecule has 0 bridgehead atoms. The lowest BCUT2D eigenvalue weighted by atomic mass is 10.1. The van der Waals surface area contributed by atoms with E-state index in [1.807, 2.05) is 12.1 Å². The summed E-state index contributed by atoms with van der Waals surface area (Å²) in [5.41, 5.74) is 6.85. The van der Waals surface area contributed by atoms with Gasteiger partial charge in [0.15, 0.2) is 0 Å². The Bertz CT molecular complexity index is 386. The fourth-order valence-electron chi connectivity index (χ4n) is 2.15. The highest BCUT2D eigenvalue weighted by molar-refractivity contribution is 5.98. The van der Waals surface area contributed by atoms with E-state index in [1.165, 1.54) is 6.42 Å². The second-order valence-corrected chi connectivity index (χ2v) is 4.49. The molecule has 1 aromatic carbocycles. The van der Waals surface area contributed by atoms with E-state index in [-0.39, 0.29) is 5.91 Å². The van der Waals surface area contributed by atoms with Crippen molar-refractivity contribution in [3.8, 4) is 0 Å². The first-order valence-corrected chi connectivity index (χ1v) is 6.11. The minimum atomic E-state index is -0.0749. The quantitative estimate of drug-likeness (QED) is 0.680. The first-order valence-electron chi connectivity index (χ1n) is 6.11. The molecule has 1 aliphatic heterocycles.